The van der Waals surface area contributed by atoms with Crippen molar-refractivity contribution >= 4 is 11.6 Å². The lowest BCUT2D eigenvalue weighted by Gasteiger charge is -2.04. The molecular weight excluding hydrogens is 265 g/mol. The zero-order chi connectivity index (χ0) is 13.2. The van der Waals surface area contributed by atoms with Gasteiger partial charge in [0.2, 0.25) is 0 Å². The summed E-state index contributed by atoms with van der Waals surface area (Å²) in [5.74, 6) is -0.364. The minimum Gasteiger partial charge on any atom is -0.310 e. The first-order chi connectivity index (χ1) is 9.22. The Balaban J connectivity index is 1.67. The normalized spacial score (nSPS) is 14.8. The monoisotopic (exact) mass is 279 g/mol. The first-order valence-electron chi connectivity index (χ1n) is 6.40. The van der Waals surface area contributed by atoms with E-state index in [1.54, 1.807) is 22.9 Å². The zero-order valence-corrected chi connectivity index (χ0v) is 11.2. The lowest BCUT2D eigenvalue weighted by atomic mass is 10.2. The van der Waals surface area contributed by atoms with Gasteiger partial charge in [-0.25, -0.2) is 4.39 Å². The molecule has 3 rings (SSSR count). The van der Waals surface area contributed by atoms with E-state index in [0.717, 1.165) is 12.1 Å². The van der Waals surface area contributed by atoms with Crippen LogP contribution in [-0.2, 0) is 13.1 Å². The minimum atomic E-state index is -0.364. The fraction of sp³-hybridized carbons (Fsp3) is 0.357. The van der Waals surface area contributed by atoms with Crippen molar-refractivity contribution in [3.63, 3.8) is 0 Å². The van der Waals surface area contributed by atoms with Gasteiger partial charge >= 0.3 is 0 Å². The molecular formula is C14H15ClFN3. The number of hydrogen-bond donors (Lipinski definition) is 1. The third-order valence-electron chi connectivity index (χ3n) is 3.22. The predicted molar refractivity (Wildman–Crippen MR) is 72.6 cm³/mol. The summed E-state index contributed by atoms with van der Waals surface area (Å²) in [4.78, 5) is 0. The molecule has 19 heavy (non-hydrogen) atoms. The van der Waals surface area contributed by atoms with E-state index in [1.165, 1.54) is 12.8 Å². The number of aromatic nitrogens is 2. The van der Waals surface area contributed by atoms with Gasteiger partial charge in [-0.05, 0) is 18.9 Å². The molecule has 5 heteroatoms. The molecule has 1 heterocycles. The standard InChI is InChI=1S/C14H15ClFN3/c15-13-3-1-2-11(14(13)16)9-19-8-10(7-18-19)6-17-12-4-5-12/h1-3,7-8,12,17H,4-6,9H2. The van der Waals surface area contributed by atoms with Gasteiger partial charge in [0.05, 0.1) is 17.8 Å². The molecule has 1 aromatic carbocycles. The van der Waals surface area contributed by atoms with Crippen LogP contribution in [0.3, 0.4) is 0 Å². The molecule has 0 bridgehead atoms. The van der Waals surface area contributed by atoms with Gasteiger partial charge < -0.3 is 5.32 Å². The van der Waals surface area contributed by atoms with Crippen LogP contribution in [-0.4, -0.2) is 15.8 Å². The summed E-state index contributed by atoms with van der Waals surface area (Å²) in [6, 6.07) is 5.70. The van der Waals surface area contributed by atoms with Crippen LogP contribution in [0.5, 0.6) is 0 Å². The van der Waals surface area contributed by atoms with Crippen molar-refractivity contribution in [2.75, 3.05) is 0 Å². The van der Waals surface area contributed by atoms with Crippen LogP contribution in [0, 0.1) is 5.82 Å². The van der Waals surface area contributed by atoms with E-state index in [0.29, 0.717) is 18.2 Å². The smallest absolute Gasteiger partial charge is 0.146 e. The topological polar surface area (TPSA) is 29.9 Å². The highest BCUT2D eigenvalue weighted by molar-refractivity contribution is 6.30. The van der Waals surface area contributed by atoms with Crippen molar-refractivity contribution in [2.45, 2.75) is 32.0 Å². The Kier molecular flexibility index (Phi) is 3.53. The Hall–Kier alpha value is -1.39. The highest BCUT2D eigenvalue weighted by atomic mass is 35.5. The number of rotatable bonds is 5. The summed E-state index contributed by atoms with van der Waals surface area (Å²) in [6.07, 6.45) is 6.29. The molecule has 0 amide bonds. The molecule has 1 aliphatic carbocycles. The van der Waals surface area contributed by atoms with Gasteiger partial charge in [-0.3, -0.25) is 4.68 Å². The molecule has 0 spiro atoms. The Morgan fingerprint density at radius 3 is 3.05 bits per heavy atom. The highest BCUT2D eigenvalue weighted by Gasteiger charge is 2.20. The number of nitrogens with zero attached hydrogens (tertiary/aromatic N) is 2. The van der Waals surface area contributed by atoms with Gasteiger partial charge in [0.1, 0.15) is 5.82 Å². The lowest BCUT2D eigenvalue weighted by Crippen LogP contribution is -2.14. The zero-order valence-electron chi connectivity index (χ0n) is 10.4. The molecule has 3 nitrogen and oxygen atoms in total. The van der Waals surface area contributed by atoms with Gasteiger partial charge in [-0.1, -0.05) is 23.7 Å². The second-order valence-corrected chi connectivity index (χ2v) is 5.32. The van der Waals surface area contributed by atoms with Crippen molar-refractivity contribution < 1.29 is 4.39 Å². The largest absolute Gasteiger partial charge is 0.310 e. The third-order valence-corrected chi connectivity index (χ3v) is 3.51. The highest BCUT2D eigenvalue weighted by Crippen LogP contribution is 2.20. The van der Waals surface area contributed by atoms with Crippen molar-refractivity contribution in [3.05, 3.63) is 52.6 Å². The summed E-state index contributed by atoms with van der Waals surface area (Å²) < 4.78 is 15.5. The van der Waals surface area contributed by atoms with Crippen LogP contribution in [0.1, 0.15) is 24.0 Å². The van der Waals surface area contributed by atoms with Crippen LogP contribution in [0.2, 0.25) is 5.02 Å². The molecule has 0 aliphatic heterocycles. The number of benzene rings is 1. The molecule has 100 valence electrons. The van der Waals surface area contributed by atoms with Crippen molar-refractivity contribution in [1.82, 2.24) is 15.1 Å². The number of nitrogens with one attached hydrogen (secondary N) is 1. The van der Waals surface area contributed by atoms with Gasteiger partial charge in [-0.2, -0.15) is 5.10 Å². The van der Waals surface area contributed by atoms with E-state index < -0.39 is 0 Å². The van der Waals surface area contributed by atoms with Crippen LogP contribution in [0.4, 0.5) is 4.39 Å². The Labute approximate surface area is 116 Å². The quantitative estimate of drug-likeness (QED) is 0.912. The second-order valence-electron chi connectivity index (χ2n) is 4.91. The minimum absolute atomic E-state index is 0.153. The lowest BCUT2D eigenvalue weighted by molar-refractivity contribution is 0.585. The van der Waals surface area contributed by atoms with Crippen LogP contribution >= 0.6 is 11.6 Å². The summed E-state index contributed by atoms with van der Waals surface area (Å²) >= 11 is 5.76. The molecule has 1 N–H and O–H groups in total. The molecule has 1 fully saturated rings. The average Bonchev–Trinajstić information content (AvgIpc) is 3.13. The predicted octanol–water partition coefficient (Wildman–Crippen LogP) is 2.98. The molecule has 1 saturated carbocycles. The SMILES string of the molecule is Fc1c(Cl)cccc1Cn1cc(CNC2CC2)cn1. The maximum atomic E-state index is 13.8. The summed E-state index contributed by atoms with van der Waals surface area (Å²) in [5, 5.41) is 7.82. The van der Waals surface area contributed by atoms with Gasteiger partial charge in [0, 0.05) is 29.9 Å². The van der Waals surface area contributed by atoms with Gasteiger partial charge in [0.15, 0.2) is 0 Å². The maximum Gasteiger partial charge on any atom is 0.146 e. The van der Waals surface area contributed by atoms with Crippen molar-refractivity contribution in [1.29, 1.82) is 0 Å². The van der Waals surface area contributed by atoms with Crippen LogP contribution in [0.15, 0.2) is 30.6 Å². The number of hydrogen-bond acceptors (Lipinski definition) is 2. The summed E-state index contributed by atoms with van der Waals surface area (Å²) in [7, 11) is 0. The molecule has 0 radical (unpaired) electrons. The fourth-order valence-electron chi connectivity index (χ4n) is 1.98. The third kappa shape index (κ3) is 3.14. The summed E-state index contributed by atoms with van der Waals surface area (Å²) in [6.45, 7) is 1.22. The van der Waals surface area contributed by atoms with Gasteiger partial charge in [0.25, 0.3) is 0 Å². The fourth-order valence-corrected chi connectivity index (χ4v) is 2.17. The molecule has 1 aromatic heterocycles. The van der Waals surface area contributed by atoms with E-state index in [-0.39, 0.29) is 10.8 Å². The first kappa shape index (κ1) is 12.6. The number of halogens is 2. The average molecular weight is 280 g/mol. The van der Waals surface area contributed by atoms with Crippen molar-refractivity contribution in [2.24, 2.45) is 0 Å². The summed E-state index contributed by atoms with van der Waals surface area (Å²) in [5.41, 5.74) is 1.67. The van der Waals surface area contributed by atoms with Crippen LogP contribution < -0.4 is 5.32 Å². The van der Waals surface area contributed by atoms with E-state index in [2.05, 4.69) is 10.4 Å². The molecule has 1 aliphatic rings. The van der Waals surface area contributed by atoms with E-state index in [9.17, 15) is 4.39 Å². The first-order valence-corrected chi connectivity index (χ1v) is 6.78. The molecule has 0 saturated heterocycles. The van der Waals surface area contributed by atoms with E-state index in [4.69, 9.17) is 11.6 Å². The van der Waals surface area contributed by atoms with E-state index in [1.807, 2.05) is 12.4 Å². The molecule has 0 unspecified atom stereocenters. The Bertz CT molecular complexity index is 578. The van der Waals surface area contributed by atoms with Crippen molar-refractivity contribution in [3.8, 4) is 0 Å². The van der Waals surface area contributed by atoms with Gasteiger partial charge in [-0.15, -0.1) is 0 Å². The Morgan fingerprint density at radius 1 is 1.42 bits per heavy atom. The van der Waals surface area contributed by atoms with Crippen LogP contribution in [0.25, 0.3) is 0 Å². The molecule has 0 atom stereocenters. The van der Waals surface area contributed by atoms with E-state index >= 15 is 0 Å². The maximum absolute atomic E-state index is 13.8. The Morgan fingerprint density at radius 2 is 2.26 bits per heavy atom. The molecule has 2 aromatic rings. The second kappa shape index (κ2) is 5.31.